The average Bonchev–Trinajstić information content (AvgIpc) is 2.77. The molecule has 162 valence electrons. The molecule has 0 bridgehead atoms. The summed E-state index contributed by atoms with van der Waals surface area (Å²) < 4.78 is 16.0. The lowest BCUT2D eigenvalue weighted by Gasteiger charge is -2.35. The summed E-state index contributed by atoms with van der Waals surface area (Å²) in [5, 5.41) is 13.0. The third-order valence-corrected chi connectivity index (χ3v) is 5.18. The summed E-state index contributed by atoms with van der Waals surface area (Å²) in [4.78, 5) is 16.7. The van der Waals surface area contributed by atoms with E-state index >= 15 is 0 Å². The summed E-state index contributed by atoms with van der Waals surface area (Å²) in [6.07, 6.45) is 0. The van der Waals surface area contributed by atoms with Gasteiger partial charge in [-0.1, -0.05) is 12.1 Å². The first-order valence-electron chi connectivity index (χ1n) is 9.86. The van der Waals surface area contributed by atoms with Gasteiger partial charge < -0.3 is 29.5 Å². The quantitative estimate of drug-likeness (QED) is 0.681. The molecule has 8 heteroatoms. The Morgan fingerprint density at radius 2 is 1.63 bits per heavy atom. The molecule has 1 saturated heterocycles. The molecule has 0 atom stereocenters. The van der Waals surface area contributed by atoms with Crippen LogP contribution in [0.4, 0.5) is 5.69 Å². The van der Waals surface area contributed by atoms with Gasteiger partial charge in [0.05, 0.1) is 33.6 Å². The zero-order valence-corrected chi connectivity index (χ0v) is 17.7. The largest absolute Gasteiger partial charge is 0.506 e. The molecule has 8 nitrogen and oxygen atoms in total. The number of nitrogens with one attached hydrogen (secondary N) is 1. The first-order chi connectivity index (χ1) is 14.5. The number of piperazine rings is 1. The normalized spacial score (nSPS) is 14.3. The van der Waals surface area contributed by atoms with E-state index in [1.165, 1.54) is 0 Å². The number of phenolic OH excluding ortho intramolecular Hbond substituents is 1. The van der Waals surface area contributed by atoms with Crippen molar-refractivity contribution in [2.45, 2.75) is 6.54 Å². The van der Waals surface area contributed by atoms with Gasteiger partial charge in [0, 0.05) is 32.7 Å². The van der Waals surface area contributed by atoms with Crippen molar-refractivity contribution in [3.8, 4) is 23.0 Å². The maximum absolute atomic E-state index is 12.4. The number of methoxy groups -OCH3 is 3. The van der Waals surface area contributed by atoms with Crippen LogP contribution in [0.2, 0.25) is 0 Å². The lowest BCUT2D eigenvalue weighted by atomic mass is 10.1. The van der Waals surface area contributed by atoms with Gasteiger partial charge in [-0.25, -0.2) is 0 Å². The number of hydrogen-bond acceptors (Lipinski definition) is 7. The standard InChI is InChI=1S/C22H29N3O5/c1-28-19-12-16(13-20(29-2)22(19)30-3)14-23-21(27)15-24-8-10-25(11-9-24)17-6-4-5-7-18(17)26/h4-7,12-13,26H,8-11,14-15H2,1-3H3,(H,23,27). The Morgan fingerprint density at radius 1 is 1.00 bits per heavy atom. The van der Waals surface area contributed by atoms with Crippen LogP contribution in [0.3, 0.4) is 0 Å². The number of nitrogens with zero attached hydrogens (tertiary/aromatic N) is 2. The maximum Gasteiger partial charge on any atom is 0.234 e. The van der Waals surface area contributed by atoms with Crippen molar-refractivity contribution in [2.24, 2.45) is 0 Å². The minimum atomic E-state index is -0.0419. The van der Waals surface area contributed by atoms with Crippen LogP contribution >= 0.6 is 0 Å². The summed E-state index contributed by atoms with van der Waals surface area (Å²) in [5.41, 5.74) is 1.70. The molecule has 1 amide bonds. The van der Waals surface area contributed by atoms with Gasteiger partial charge in [-0.05, 0) is 29.8 Å². The Morgan fingerprint density at radius 3 is 2.20 bits per heavy atom. The fourth-order valence-corrected chi connectivity index (χ4v) is 3.58. The van der Waals surface area contributed by atoms with Crippen molar-refractivity contribution < 1.29 is 24.1 Å². The number of para-hydroxylation sites is 2. The number of carbonyl (C=O) groups is 1. The molecule has 1 aliphatic heterocycles. The molecule has 2 aromatic carbocycles. The molecule has 0 aliphatic carbocycles. The Kier molecular flexibility index (Phi) is 7.24. The Hall–Kier alpha value is -3.13. The highest BCUT2D eigenvalue weighted by Crippen LogP contribution is 2.38. The molecule has 30 heavy (non-hydrogen) atoms. The van der Waals surface area contributed by atoms with Crippen molar-refractivity contribution in [1.82, 2.24) is 10.2 Å². The molecule has 0 spiro atoms. The molecular weight excluding hydrogens is 386 g/mol. The van der Waals surface area contributed by atoms with Crippen molar-refractivity contribution in [2.75, 3.05) is 59.0 Å². The summed E-state index contributed by atoms with van der Waals surface area (Å²) in [6.45, 7) is 3.74. The number of aromatic hydroxyl groups is 1. The van der Waals surface area contributed by atoms with Crippen LogP contribution in [0, 0.1) is 0 Å². The first-order valence-corrected chi connectivity index (χ1v) is 9.86. The van der Waals surface area contributed by atoms with Gasteiger partial charge >= 0.3 is 0 Å². The van der Waals surface area contributed by atoms with Gasteiger partial charge in [-0.15, -0.1) is 0 Å². The zero-order chi connectivity index (χ0) is 21.5. The highest BCUT2D eigenvalue weighted by atomic mass is 16.5. The number of amides is 1. The van der Waals surface area contributed by atoms with E-state index in [0.717, 1.165) is 37.4 Å². The minimum Gasteiger partial charge on any atom is -0.506 e. The van der Waals surface area contributed by atoms with E-state index in [-0.39, 0.29) is 11.7 Å². The van der Waals surface area contributed by atoms with Gasteiger partial charge in [0.25, 0.3) is 0 Å². The van der Waals surface area contributed by atoms with Crippen LogP contribution in [-0.4, -0.2) is 70.0 Å². The highest BCUT2D eigenvalue weighted by molar-refractivity contribution is 5.78. The van der Waals surface area contributed by atoms with E-state index in [9.17, 15) is 9.90 Å². The van der Waals surface area contributed by atoms with E-state index < -0.39 is 0 Å². The number of anilines is 1. The van der Waals surface area contributed by atoms with Gasteiger partial charge in [-0.2, -0.15) is 0 Å². The minimum absolute atomic E-state index is 0.0419. The third kappa shape index (κ3) is 5.07. The van der Waals surface area contributed by atoms with E-state index in [1.807, 2.05) is 30.3 Å². The molecule has 1 aliphatic rings. The van der Waals surface area contributed by atoms with Crippen LogP contribution in [-0.2, 0) is 11.3 Å². The maximum atomic E-state index is 12.4. The number of carbonyl (C=O) groups excluding carboxylic acids is 1. The van der Waals surface area contributed by atoms with Gasteiger partial charge in [0.15, 0.2) is 11.5 Å². The second-order valence-electron chi connectivity index (χ2n) is 7.06. The SMILES string of the molecule is COc1cc(CNC(=O)CN2CCN(c3ccccc3O)CC2)cc(OC)c1OC. The van der Waals surface area contributed by atoms with Gasteiger partial charge in [-0.3, -0.25) is 9.69 Å². The van der Waals surface area contributed by atoms with E-state index in [2.05, 4.69) is 15.1 Å². The lowest BCUT2D eigenvalue weighted by Crippen LogP contribution is -2.49. The second kappa shape index (κ2) is 10.1. The monoisotopic (exact) mass is 415 g/mol. The first kappa shape index (κ1) is 21.6. The fourth-order valence-electron chi connectivity index (χ4n) is 3.58. The van der Waals surface area contributed by atoms with Crippen LogP contribution < -0.4 is 24.4 Å². The predicted molar refractivity (Wildman–Crippen MR) is 115 cm³/mol. The summed E-state index contributed by atoms with van der Waals surface area (Å²) in [7, 11) is 4.68. The van der Waals surface area contributed by atoms with Gasteiger partial charge in [0.2, 0.25) is 11.7 Å². The molecule has 0 aromatic heterocycles. The molecule has 1 heterocycles. The summed E-state index contributed by atoms with van der Waals surface area (Å²) in [5.74, 6) is 1.88. The third-order valence-electron chi connectivity index (χ3n) is 5.18. The Labute approximate surface area is 176 Å². The van der Waals surface area contributed by atoms with E-state index in [4.69, 9.17) is 14.2 Å². The van der Waals surface area contributed by atoms with Crippen LogP contribution in [0.5, 0.6) is 23.0 Å². The smallest absolute Gasteiger partial charge is 0.234 e. The fraction of sp³-hybridized carbons (Fsp3) is 0.409. The second-order valence-corrected chi connectivity index (χ2v) is 7.06. The summed E-state index contributed by atoms with van der Waals surface area (Å²) >= 11 is 0. The van der Waals surface area contributed by atoms with Crippen molar-refractivity contribution in [3.05, 3.63) is 42.0 Å². The topological polar surface area (TPSA) is 83.5 Å². The molecule has 3 rings (SSSR count). The number of benzene rings is 2. The highest BCUT2D eigenvalue weighted by Gasteiger charge is 2.21. The Balaban J connectivity index is 1.50. The van der Waals surface area contributed by atoms with Crippen molar-refractivity contribution in [3.63, 3.8) is 0 Å². The zero-order valence-electron chi connectivity index (χ0n) is 17.7. The van der Waals surface area contributed by atoms with E-state index in [0.29, 0.717) is 30.3 Å². The number of hydrogen-bond donors (Lipinski definition) is 2. The van der Waals surface area contributed by atoms with E-state index in [1.54, 1.807) is 27.4 Å². The predicted octanol–water partition coefficient (Wildman–Crippen LogP) is 1.86. The Bertz CT molecular complexity index is 841. The molecule has 0 unspecified atom stereocenters. The molecule has 2 aromatic rings. The van der Waals surface area contributed by atoms with Crippen molar-refractivity contribution in [1.29, 1.82) is 0 Å². The molecular formula is C22H29N3O5. The summed E-state index contributed by atoms with van der Waals surface area (Å²) in [6, 6.07) is 11.0. The number of ether oxygens (including phenoxy) is 3. The lowest BCUT2D eigenvalue weighted by molar-refractivity contribution is -0.122. The van der Waals surface area contributed by atoms with Gasteiger partial charge in [0.1, 0.15) is 5.75 Å². The number of phenols is 1. The molecule has 1 fully saturated rings. The molecule has 0 radical (unpaired) electrons. The average molecular weight is 415 g/mol. The van der Waals surface area contributed by atoms with Crippen molar-refractivity contribution >= 4 is 11.6 Å². The van der Waals surface area contributed by atoms with Crippen LogP contribution in [0.15, 0.2) is 36.4 Å². The van der Waals surface area contributed by atoms with Crippen LogP contribution in [0.25, 0.3) is 0 Å². The molecule has 0 saturated carbocycles. The molecule has 2 N–H and O–H groups in total. The van der Waals surface area contributed by atoms with Crippen LogP contribution in [0.1, 0.15) is 5.56 Å². The number of rotatable bonds is 8.